The summed E-state index contributed by atoms with van der Waals surface area (Å²) in [7, 11) is 0. The van der Waals surface area contributed by atoms with Gasteiger partial charge in [0.25, 0.3) is 0 Å². The number of nitrogens with one attached hydrogen (secondary N) is 1. The molecule has 3 rings (SSSR count). The molecule has 2 aliphatic rings. The zero-order valence-corrected chi connectivity index (χ0v) is 12.4. The summed E-state index contributed by atoms with van der Waals surface area (Å²) >= 11 is 0. The van der Waals surface area contributed by atoms with Gasteiger partial charge in [-0.25, -0.2) is 4.79 Å². The second-order valence-electron chi connectivity index (χ2n) is 5.68. The average Bonchev–Trinajstić information content (AvgIpc) is 2.95. The number of likely N-dealkylation sites (tertiary alicyclic amines) is 1. The number of aryl methyl sites for hydroxylation is 1. The highest BCUT2D eigenvalue weighted by Gasteiger charge is 2.40. The molecule has 2 saturated heterocycles. The first-order valence-electron chi connectivity index (χ1n) is 7.54. The summed E-state index contributed by atoms with van der Waals surface area (Å²) in [5.41, 5.74) is 2.35. The van der Waals surface area contributed by atoms with E-state index in [-0.39, 0.29) is 6.03 Å². The number of carbonyl (C=O) groups is 1. The standard InChI is InChI=1S/C16H22N2O3/c1-13-4-2-3-5-14(13)12-17-15(19)18-8-6-16(7-9-18)20-10-11-21-16/h2-5H,6-12H2,1H3,(H,17,19). The summed E-state index contributed by atoms with van der Waals surface area (Å²) in [6.45, 7) is 5.32. The van der Waals surface area contributed by atoms with Gasteiger partial charge in [-0.05, 0) is 18.1 Å². The Kier molecular flexibility index (Phi) is 4.12. The molecule has 2 fully saturated rings. The second-order valence-corrected chi connectivity index (χ2v) is 5.68. The predicted molar refractivity (Wildman–Crippen MR) is 78.9 cm³/mol. The van der Waals surface area contributed by atoms with Crippen LogP contribution < -0.4 is 5.32 Å². The lowest BCUT2D eigenvalue weighted by atomic mass is 10.0. The fraction of sp³-hybridized carbons (Fsp3) is 0.562. The van der Waals surface area contributed by atoms with Gasteiger partial charge >= 0.3 is 6.03 Å². The van der Waals surface area contributed by atoms with E-state index in [1.165, 1.54) is 5.56 Å². The number of nitrogens with zero attached hydrogens (tertiary/aromatic N) is 1. The maximum absolute atomic E-state index is 12.2. The molecule has 0 unspecified atom stereocenters. The van der Waals surface area contributed by atoms with Crippen LogP contribution in [0, 0.1) is 6.92 Å². The van der Waals surface area contributed by atoms with Crippen LogP contribution in [0.15, 0.2) is 24.3 Å². The molecule has 5 nitrogen and oxygen atoms in total. The number of piperidine rings is 1. The Morgan fingerprint density at radius 3 is 2.57 bits per heavy atom. The lowest BCUT2D eigenvalue weighted by Crippen LogP contribution is -2.50. The minimum absolute atomic E-state index is 0.00824. The van der Waals surface area contributed by atoms with Gasteiger partial charge in [0.2, 0.25) is 0 Å². The Bertz CT molecular complexity index is 502. The summed E-state index contributed by atoms with van der Waals surface area (Å²) < 4.78 is 11.3. The molecule has 1 N–H and O–H groups in total. The van der Waals surface area contributed by atoms with E-state index in [0.29, 0.717) is 32.8 Å². The lowest BCUT2D eigenvalue weighted by molar-refractivity contribution is -0.181. The van der Waals surface area contributed by atoms with Crippen LogP contribution in [0.4, 0.5) is 4.79 Å². The van der Waals surface area contributed by atoms with E-state index in [9.17, 15) is 4.79 Å². The SMILES string of the molecule is Cc1ccccc1CNC(=O)N1CCC2(CC1)OCCO2. The molecule has 0 atom stereocenters. The van der Waals surface area contributed by atoms with Crippen LogP contribution in [0.3, 0.4) is 0 Å². The molecule has 2 aliphatic heterocycles. The largest absolute Gasteiger partial charge is 0.347 e. The van der Waals surface area contributed by atoms with E-state index in [0.717, 1.165) is 18.4 Å². The van der Waals surface area contributed by atoms with Crippen LogP contribution in [0.25, 0.3) is 0 Å². The number of amides is 2. The minimum atomic E-state index is -0.424. The van der Waals surface area contributed by atoms with Gasteiger partial charge in [-0.15, -0.1) is 0 Å². The Balaban J connectivity index is 1.49. The van der Waals surface area contributed by atoms with Crippen LogP contribution in [0.2, 0.25) is 0 Å². The minimum Gasteiger partial charge on any atom is -0.347 e. The quantitative estimate of drug-likeness (QED) is 0.907. The first-order chi connectivity index (χ1) is 10.2. The molecule has 2 amide bonds. The summed E-state index contributed by atoms with van der Waals surface area (Å²) in [5, 5.41) is 2.99. The van der Waals surface area contributed by atoms with Crippen molar-refractivity contribution in [2.75, 3.05) is 26.3 Å². The first-order valence-corrected chi connectivity index (χ1v) is 7.54. The summed E-state index contributed by atoms with van der Waals surface area (Å²) in [6, 6.07) is 8.09. The normalized spacial score (nSPS) is 20.7. The topological polar surface area (TPSA) is 50.8 Å². The van der Waals surface area contributed by atoms with E-state index < -0.39 is 5.79 Å². The molecule has 21 heavy (non-hydrogen) atoms. The highest BCUT2D eigenvalue weighted by atomic mass is 16.7. The van der Waals surface area contributed by atoms with Crippen molar-refractivity contribution in [2.45, 2.75) is 32.1 Å². The maximum atomic E-state index is 12.2. The van der Waals surface area contributed by atoms with Crippen LogP contribution in [0.5, 0.6) is 0 Å². The van der Waals surface area contributed by atoms with Gasteiger partial charge in [0.1, 0.15) is 0 Å². The molecule has 2 heterocycles. The van der Waals surface area contributed by atoms with Crippen LogP contribution in [0.1, 0.15) is 24.0 Å². The van der Waals surface area contributed by atoms with Crippen molar-refractivity contribution in [3.05, 3.63) is 35.4 Å². The Morgan fingerprint density at radius 2 is 1.90 bits per heavy atom. The van der Waals surface area contributed by atoms with Crippen LogP contribution in [-0.2, 0) is 16.0 Å². The molecule has 1 spiro atoms. The van der Waals surface area contributed by atoms with Gasteiger partial charge in [0, 0.05) is 32.5 Å². The highest BCUT2D eigenvalue weighted by Crippen LogP contribution is 2.31. The Morgan fingerprint density at radius 1 is 1.24 bits per heavy atom. The molecular weight excluding hydrogens is 268 g/mol. The number of hydrogen-bond acceptors (Lipinski definition) is 3. The van der Waals surface area contributed by atoms with Crippen molar-refractivity contribution in [3.63, 3.8) is 0 Å². The second kappa shape index (κ2) is 6.03. The van der Waals surface area contributed by atoms with Crippen molar-refractivity contribution in [1.29, 1.82) is 0 Å². The monoisotopic (exact) mass is 290 g/mol. The summed E-state index contributed by atoms with van der Waals surface area (Å²) in [5.74, 6) is -0.424. The molecule has 1 aromatic rings. The Hall–Kier alpha value is -1.59. The third-order valence-electron chi connectivity index (χ3n) is 4.32. The third-order valence-corrected chi connectivity index (χ3v) is 4.32. The van der Waals surface area contributed by atoms with Crippen LogP contribution in [-0.4, -0.2) is 43.0 Å². The van der Waals surface area contributed by atoms with E-state index >= 15 is 0 Å². The van der Waals surface area contributed by atoms with Crippen molar-refractivity contribution in [2.24, 2.45) is 0 Å². The zero-order chi connectivity index (χ0) is 14.7. The lowest BCUT2D eigenvalue weighted by Gasteiger charge is -2.37. The van der Waals surface area contributed by atoms with Gasteiger partial charge in [0.15, 0.2) is 5.79 Å². The van der Waals surface area contributed by atoms with E-state index in [4.69, 9.17) is 9.47 Å². The van der Waals surface area contributed by atoms with Crippen LogP contribution >= 0.6 is 0 Å². The number of benzene rings is 1. The van der Waals surface area contributed by atoms with Gasteiger partial charge < -0.3 is 19.7 Å². The van der Waals surface area contributed by atoms with Crippen molar-refractivity contribution < 1.29 is 14.3 Å². The molecule has 114 valence electrons. The zero-order valence-electron chi connectivity index (χ0n) is 12.4. The smallest absolute Gasteiger partial charge is 0.317 e. The maximum Gasteiger partial charge on any atom is 0.317 e. The summed E-state index contributed by atoms with van der Waals surface area (Å²) in [4.78, 5) is 14.1. The fourth-order valence-corrected chi connectivity index (χ4v) is 2.93. The molecule has 0 saturated carbocycles. The number of ether oxygens (including phenoxy) is 2. The summed E-state index contributed by atoms with van der Waals surface area (Å²) in [6.07, 6.45) is 1.51. The molecule has 1 aromatic carbocycles. The number of hydrogen-bond donors (Lipinski definition) is 1. The molecular formula is C16H22N2O3. The van der Waals surface area contributed by atoms with Gasteiger partial charge in [-0.2, -0.15) is 0 Å². The van der Waals surface area contributed by atoms with Gasteiger partial charge in [-0.1, -0.05) is 24.3 Å². The van der Waals surface area contributed by atoms with E-state index in [2.05, 4.69) is 18.3 Å². The van der Waals surface area contributed by atoms with Crippen molar-refractivity contribution in [1.82, 2.24) is 10.2 Å². The molecule has 0 aliphatic carbocycles. The number of urea groups is 1. The van der Waals surface area contributed by atoms with E-state index in [1.54, 1.807) is 0 Å². The third kappa shape index (κ3) is 3.19. The highest BCUT2D eigenvalue weighted by molar-refractivity contribution is 5.74. The Labute approximate surface area is 125 Å². The predicted octanol–water partition coefficient (Wildman–Crippen LogP) is 2.04. The van der Waals surface area contributed by atoms with Gasteiger partial charge in [0.05, 0.1) is 13.2 Å². The number of rotatable bonds is 2. The van der Waals surface area contributed by atoms with Crippen molar-refractivity contribution in [3.8, 4) is 0 Å². The van der Waals surface area contributed by atoms with Gasteiger partial charge in [-0.3, -0.25) is 0 Å². The molecule has 5 heteroatoms. The number of carbonyl (C=O) groups excluding carboxylic acids is 1. The molecule has 0 aromatic heterocycles. The fourth-order valence-electron chi connectivity index (χ4n) is 2.93. The first kappa shape index (κ1) is 14.4. The molecule has 0 bridgehead atoms. The molecule has 0 radical (unpaired) electrons. The average molecular weight is 290 g/mol. The van der Waals surface area contributed by atoms with Crippen molar-refractivity contribution >= 4 is 6.03 Å². The van der Waals surface area contributed by atoms with E-state index in [1.807, 2.05) is 23.1 Å².